The molecule has 0 aromatic carbocycles. The lowest BCUT2D eigenvalue weighted by molar-refractivity contribution is -0.146. The Kier molecular flexibility index (Phi) is 4.93. The first-order valence-electron chi connectivity index (χ1n) is 6.04. The largest absolute Gasteiger partial charge is 0.469 e. The van der Waals surface area contributed by atoms with E-state index in [1.165, 1.54) is 7.11 Å². The number of carbonyl (C=O) groups is 2. The quantitative estimate of drug-likeness (QED) is 0.723. The van der Waals surface area contributed by atoms with Crippen LogP contribution in [0.5, 0.6) is 0 Å². The van der Waals surface area contributed by atoms with E-state index in [1.807, 2.05) is 0 Å². The number of methoxy groups -OCH3 is 1. The molecular weight excluding hydrogens is 220 g/mol. The van der Waals surface area contributed by atoms with Gasteiger partial charge in [0, 0.05) is 25.6 Å². The fraction of sp³-hybridized carbons (Fsp3) is 0.833. The van der Waals surface area contributed by atoms with E-state index in [4.69, 9.17) is 5.73 Å². The van der Waals surface area contributed by atoms with E-state index in [2.05, 4.69) is 4.74 Å². The average Bonchev–Trinajstić information content (AvgIpc) is 2.73. The summed E-state index contributed by atoms with van der Waals surface area (Å²) in [5.41, 5.74) is 5.79. The van der Waals surface area contributed by atoms with E-state index in [1.54, 1.807) is 18.9 Å². The van der Waals surface area contributed by atoms with Crippen molar-refractivity contribution in [3.63, 3.8) is 0 Å². The fourth-order valence-corrected chi connectivity index (χ4v) is 2.33. The third-order valence-electron chi connectivity index (χ3n) is 3.35. The molecule has 0 aromatic heterocycles. The normalized spacial score (nSPS) is 25.4. The summed E-state index contributed by atoms with van der Waals surface area (Å²) in [6, 6.07) is 0.149. The molecule has 1 saturated carbocycles. The standard InChI is InChI=1S/C12H22N2O3/c1-8(12(16)17-3)7-14(2)11(15)9-4-5-10(13)6-9/h8-10H,4-7,13H2,1-3H3. The molecule has 5 heteroatoms. The Hall–Kier alpha value is -1.10. The first-order valence-corrected chi connectivity index (χ1v) is 6.04. The van der Waals surface area contributed by atoms with Gasteiger partial charge in [0.2, 0.25) is 5.91 Å². The zero-order chi connectivity index (χ0) is 13.0. The lowest BCUT2D eigenvalue weighted by Crippen LogP contribution is -2.37. The second kappa shape index (κ2) is 6.00. The Balaban J connectivity index is 2.44. The second-order valence-corrected chi connectivity index (χ2v) is 4.91. The number of carbonyl (C=O) groups excluding carboxylic acids is 2. The van der Waals surface area contributed by atoms with E-state index in [9.17, 15) is 9.59 Å². The maximum atomic E-state index is 12.1. The zero-order valence-corrected chi connectivity index (χ0v) is 10.8. The maximum Gasteiger partial charge on any atom is 0.310 e. The number of nitrogens with two attached hydrogens (primary N) is 1. The minimum atomic E-state index is -0.288. The van der Waals surface area contributed by atoms with Gasteiger partial charge < -0.3 is 15.4 Å². The third-order valence-corrected chi connectivity index (χ3v) is 3.35. The molecule has 0 bridgehead atoms. The molecule has 98 valence electrons. The maximum absolute atomic E-state index is 12.1. The Labute approximate surface area is 102 Å². The van der Waals surface area contributed by atoms with Gasteiger partial charge in [-0.1, -0.05) is 6.92 Å². The van der Waals surface area contributed by atoms with Crippen LogP contribution < -0.4 is 5.73 Å². The summed E-state index contributed by atoms with van der Waals surface area (Å²) < 4.78 is 4.64. The number of hydrogen-bond acceptors (Lipinski definition) is 4. The van der Waals surface area contributed by atoms with Crippen molar-refractivity contribution >= 4 is 11.9 Å². The van der Waals surface area contributed by atoms with Crippen LogP contribution in [0.2, 0.25) is 0 Å². The van der Waals surface area contributed by atoms with Gasteiger partial charge in [-0.05, 0) is 19.3 Å². The summed E-state index contributed by atoms with van der Waals surface area (Å²) in [5, 5.41) is 0. The summed E-state index contributed by atoms with van der Waals surface area (Å²) in [6.45, 7) is 2.16. The first-order chi connectivity index (χ1) is 7.95. The molecule has 1 aliphatic rings. The summed E-state index contributed by atoms with van der Waals surface area (Å²) >= 11 is 0. The van der Waals surface area contributed by atoms with E-state index in [0.717, 1.165) is 19.3 Å². The Morgan fingerprint density at radius 2 is 2.12 bits per heavy atom. The lowest BCUT2D eigenvalue weighted by atomic mass is 10.1. The van der Waals surface area contributed by atoms with E-state index in [-0.39, 0.29) is 29.8 Å². The van der Waals surface area contributed by atoms with Crippen LogP contribution in [0.4, 0.5) is 0 Å². The van der Waals surface area contributed by atoms with Crippen molar-refractivity contribution in [3.8, 4) is 0 Å². The molecule has 1 aliphatic carbocycles. The van der Waals surface area contributed by atoms with Gasteiger partial charge in [0.25, 0.3) is 0 Å². The topological polar surface area (TPSA) is 72.6 Å². The van der Waals surface area contributed by atoms with Gasteiger partial charge in [-0.15, -0.1) is 0 Å². The molecule has 5 nitrogen and oxygen atoms in total. The number of esters is 1. The van der Waals surface area contributed by atoms with Crippen molar-refractivity contribution in [2.45, 2.75) is 32.2 Å². The molecule has 0 aliphatic heterocycles. The smallest absolute Gasteiger partial charge is 0.310 e. The van der Waals surface area contributed by atoms with Crippen molar-refractivity contribution < 1.29 is 14.3 Å². The fourth-order valence-electron chi connectivity index (χ4n) is 2.33. The van der Waals surface area contributed by atoms with Crippen LogP contribution in [0.3, 0.4) is 0 Å². The minimum absolute atomic E-state index is 0.0276. The molecule has 1 amide bonds. The average molecular weight is 242 g/mol. The molecule has 0 radical (unpaired) electrons. The van der Waals surface area contributed by atoms with Gasteiger partial charge in [-0.25, -0.2) is 0 Å². The van der Waals surface area contributed by atoms with Crippen molar-refractivity contribution in [3.05, 3.63) is 0 Å². The number of ether oxygens (including phenoxy) is 1. The first kappa shape index (κ1) is 14.0. The molecule has 3 unspecified atom stereocenters. The van der Waals surface area contributed by atoms with Crippen molar-refractivity contribution in [1.29, 1.82) is 0 Å². The highest BCUT2D eigenvalue weighted by Gasteiger charge is 2.30. The van der Waals surface area contributed by atoms with Gasteiger partial charge in [-0.3, -0.25) is 9.59 Å². The van der Waals surface area contributed by atoms with Crippen LogP contribution in [0.25, 0.3) is 0 Å². The predicted octanol–water partition coefficient (Wildman–Crippen LogP) is 0.381. The van der Waals surface area contributed by atoms with Crippen LogP contribution in [0, 0.1) is 11.8 Å². The van der Waals surface area contributed by atoms with Crippen LogP contribution in [0.15, 0.2) is 0 Å². The molecule has 1 rings (SSSR count). The van der Waals surface area contributed by atoms with E-state index < -0.39 is 0 Å². The summed E-state index contributed by atoms with van der Waals surface area (Å²) in [4.78, 5) is 24.9. The van der Waals surface area contributed by atoms with E-state index >= 15 is 0 Å². The lowest BCUT2D eigenvalue weighted by Gasteiger charge is -2.23. The van der Waals surface area contributed by atoms with Crippen LogP contribution in [-0.2, 0) is 14.3 Å². The van der Waals surface area contributed by atoms with Crippen LogP contribution in [-0.4, -0.2) is 43.5 Å². The number of amides is 1. The molecule has 1 fully saturated rings. The summed E-state index contributed by atoms with van der Waals surface area (Å²) in [6.07, 6.45) is 2.53. The summed E-state index contributed by atoms with van der Waals surface area (Å²) in [7, 11) is 3.09. The predicted molar refractivity (Wildman–Crippen MR) is 64.1 cm³/mol. The van der Waals surface area contributed by atoms with Crippen LogP contribution in [0.1, 0.15) is 26.2 Å². The monoisotopic (exact) mass is 242 g/mol. The minimum Gasteiger partial charge on any atom is -0.469 e. The van der Waals surface area contributed by atoms with Crippen molar-refractivity contribution in [1.82, 2.24) is 4.90 Å². The number of hydrogen-bond donors (Lipinski definition) is 1. The van der Waals surface area contributed by atoms with Gasteiger partial charge in [-0.2, -0.15) is 0 Å². The molecular formula is C12H22N2O3. The van der Waals surface area contributed by atoms with Crippen molar-refractivity contribution in [2.75, 3.05) is 20.7 Å². The van der Waals surface area contributed by atoms with Gasteiger partial charge >= 0.3 is 5.97 Å². The Morgan fingerprint density at radius 1 is 1.47 bits per heavy atom. The molecule has 0 saturated heterocycles. The molecule has 0 heterocycles. The SMILES string of the molecule is COC(=O)C(C)CN(C)C(=O)C1CCC(N)C1. The number of nitrogens with zero attached hydrogens (tertiary/aromatic N) is 1. The molecule has 17 heavy (non-hydrogen) atoms. The number of rotatable bonds is 4. The molecule has 0 spiro atoms. The molecule has 0 aromatic rings. The molecule has 3 atom stereocenters. The zero-order valence-electron chi connectivity index (χ0n) is 10.8. The highest BCUT2D eigenvalue weighted by Crippen LogP contribution is 2.25. The highest BCUT2D eigenvalue weighted by molar-refractivity contribution is 5.80. The highest BCUT2D eigenvalue weighted by atomic mass is 16.5. The van der Waals surface area contributed by atoms with Crippen molar-refractivity contribution in [2.24, 2.45) is 17.6 Å². The van der Waals surface area contributed by atoms with Gasteiger partial charge in [0.15, 0.2) is 0 Å². The van der Waals surface area contributed by atoms with Gasteiger partial charge in [0.1, 0.15) is 0 Å². The molecule has 2 N–H and O–H groups in total. The third kappa shape index (κ3) is 3.70. The Morgan fingerprint density at radius 3 is 2.59 bits per heavy atom. The van der Waals surface area contributed by atoms with E-state index in [0.29, 0.717) is 6.54 Å². The van der Waals surface area contributed by atoms with Crippen LogP contribution >= 0.6 is 0 Å². The Bertz CT molecular complexity index is 293. The van der Waals surface area contributed by atoms with Gasteiger partial charge in [0.05, 0.1) is 13.0 Å². The second-order valence-electron chi connectivity index (χ2n) is 4.91. The summed E-state index contributed by atoms with van der Waals surface area (Å²) in [5.74, 6) is -0.453.